The highest BCUT2D eigenvalue weighted by Crippen LogP contribution is 2.18. The molecule has 0 bridgehead atoms. The first-order valence-corrected chi connectivity index (χ1v) is 5.81. The summed E-state index contributed by atoms with van der Waals surface area (Å²) in [6.07, 6.45) is 6.84. The second-order valence-electron chi connectivity index (χ2n) is 2.50. The molecule has 0 aliphatic rings. The molecule has 0 aliphatic heterocycles. The molecule has 0 atom stereocenters. The number of hydrogen-bond acceptors (Lipinski definition) is 3. The minimum Gasteiger partial charge on any atom is -0.244 e. The van der Waals surface area contributed by atoms with Gasteiger partial charge in [-0.3, -0.25) is 0 Å². The van der Waals surface area contributed by atoms with Crippen molar-refractivity contribution in [1.29, 1.82) is 0 Å². The Morgan fingerprint density at radius 3 is 2.86 bits per heavy atom. The summed E-state index contributed by atoms with van der Waals surface area (Å²) in [5.74, 6) is 0. The van der Waals surface area contributed by atoms with Gasteiger partial charge in [0, 0.05) is 12.3 Å². The minimum absolute atomic E-state index is 0.928. The Morgan fingerprint density at radius 2 is 2.14 bits per heavy atom. The van der Waals surface area contributed by atoms with Crippen molar-refractivity contribution in [2.75, 3.05) is 0 Å². The quantitative estimate of drug-likeness (QED) is 0.671. The van der Waals surface area contributed by atoms with Crippen LogP contribution in [-0.4, -0.2) is 15.0 Å². The van der Waals surface area contributed by atoms with E-state index in [0.29, 0.717) is 0 Å². The SMILES string of the molecule is Ic1cncnc1-c1ccnc[n+]1I. The molecule has 0 unspecified atom stereocenters. The largest absolute Gasteiger partial charge is 0.295 e. The third kappa shape index (κ3) is 2.00. The van der Waals surface area contributed by atoms with Crippen LogP contribution in [0.15, 0.2) is 31.1 Å². The number of rotatable bonds is 1. The molecule has 2 rings (SSSR count). The topological polar surface area (TPSA) is 42.6 Å². The molecule has 0 spiro atoms. The van der Waals surface area contributed by atoms with Gasteiger partial charge in [0.15, 0.2) is 5.69 Å². The van der Waals surface area contributed by atoms with E-state index in [1.54, 1.807) is 25.0 Å². The lowest BCUT2D eigenvalue weighted by atomic mass is 10.3. The average Bonchev–Trinajstić information content (AvgIpc) is 2.20. The van der Waals surface area contributed by atoms with E-state index < -0.39 is 0 Å². The molecule has 70 valence electrons. The van der Waals surface area contributed by atoms with Gasteiger partial charge in [-0.15, -0.1) is 0 Å². The highest BCUT2D eigenvalue weighted by Gasteiger charge is 2.11. The Labute approximate surface area is 108 Å². The average molecular weight is 411 g/mol. The maximum absolute atomic E-state index is 4.24. The Kier molecular flexibility index (Phi) is 3.21. The molecule has 0 saturated carbocycles. The van der Waals surface area contributed by atoms with Gasteiger partial charge >= 0.3 is 0 Å². The molecule has 4 nitrogen and oxygen atoms in total. The summed E-state index contributed by atoms with van der Waals surface area (Å²) in [5.41, 5.74) is 1.95. The fourth-order valence-electron chi connectivity index (χ4n) is 1.03. The van der Waals surface area contributed by atoms with E-state index in [1.807, 2.05) is 8.85 Å². The molecule has 2 aromatic rings. The number of nitrogens with zero attached hydrogens (tertiary/aromatic N) is 4. The van der Waals surface area contributed by atoms with E-state index in [9.17, 15) is 0 Å². The standard InChI is InChI=1S/C8H5I2N4/c9-6-3-12-4-13-8(6)7-1-2-11-5-14(7)10/h1-5H/q+1. The smallest absolute Gasteiger partial charge is 0.244 e. The van der Waals surface area contributed by atoms with Crippen molar-refractivity contribution >= 4 is 45.5 Å². The summed E-state index contributed by atoms with van der Waals surface area (Å²) in [7, 11) is 0. The second-order valence-corrected chi connectivity index (χ2v) is 4.70. The van der Waals surface area contributed by atoms with Gasteiger partial charge in [0.25, 0.3) is 6.33 Å². The van der Waals surface area contributed by atoms with Gasteiger partial charge in [0.2, 0.25) is 22.9 Å². The van der Waals surface area contributed by atoms with E-state index >= 15 is 0 Å². The molecule has 0 amide bonds. The van der Waals surface area contributed by atoms with Gasteiger partial charge in [-0.25, -0.2) is 9.97 Å². The second kappa shape index (κ2) is 4.43. The lowest BCUT2D eigenvalue weighted by molar-refractivity contribution is -0.431. The molecular formula is C8H5I2N4+. The van der Waals surface area contributed by atoms with Crippen LogP contribution in [0.4, 0.5) is 0 Å². The Balaban J connectivity index is 2.61. The first-order valence-electron chi connectivity index (χ1n) is 3.77. The summed E-state index contributed by atoms with van der Waals surface area (Å²) in [6, 6.07) is 1.93. The zero-order valence-corrected chi connectivity index (χ0v) is 11.2. The van der Waals surface area contributed by atoms with Gasteiger partial charge in [-0.1, -0.05) is 4.98 Å². The Bertz CT molecular complexity index is 417. The first kappa shape index (κ1) is 10.1. The molecule has 2 heterocycles. The molecule has 14 heavy (non-hydrogen) atoms. The van der Waals surface area contributed by atoms with Crippen LogP contribution in [0, 0.1) is 3.57 Å². The molecule has 0 fully saturated rings. The number of halogens is 2. The number of hydrogen-bond donors (Lipinski definition) is 0. The van der Waals surface area contributed by atoms with Crippen molar-refractivity contribution in [3.8, 4) is 11.4 Å². The van der Waals surface area contributed by atoms with Crippen molar-refractivity contribution in [3.05, 3.63) is 34.7 Å². The van der Waals surface area contributed by atoms with Gasteiger partial charge in [-0.2, -0.15) is 2.78 Å². The third-order valence-corrected chi connectivity index (χ3v) is 3.19. The van der Waals surface area contributed by atoms with Crippen LogP contribution in [0.5, 0.6) is 0 Å². The lowest BCUT2D eigenvalue weighted by Gasteiger charge is -2.00. The maximum atomic E-state index is 4.24. The number of aromatic nitrogens is 4. The van der Waals surface area contributed by atoms with Gasteiger partial charge in [0.1, 0.15) is 18.2 Å². The summed E-state index contributed by atoms with van der Waals surface area (Å²) in [4.78, 5) is 12.2. The summed E-state index contributed by atoms with van der Waals surface area (Å²) >= 11 is 4.39. The van der Waals surface area contributed by atoms with E-state index in [1.165, 1.54) is 0 Å². The predicted molar refractivity (Wildman–Crippen MR) is 67.6 cm³/mol. The van der Waals surface area contributed by atoms with Crippen LogP contribution in [-0.2, 0) is 0 Å². The van der Waals surface area contributed by atoms with Crippen molar-refractivity contribution < 1.29 is 2.78 Å². The predicted octanol–water partition coefficient (Wildman–Crippen LogP) is 1.63. The minimum atomic E-state index is 0.928. The van der Waals surface area contributed by atoms with E-state index in [2.05, 4.69) is 60.4 Å². The Hall–Kier alpha value is -0.380. The van der Waals surface area contributed by atoms with E-state index in [0.717, 1.165) is 15.0 Å². The van der Waals surface area contributed by atoms with Crippen LogP contribution in [0.1, 0.15) is 0 Å². The normalized spacial score (nSPS) is 10.1. The molecule has 0 radical (unpaired) electrons. The van der Waals surface area contributed by atoms with Crippen molar-refractivity contribution in [3.63, 3.8) is 0 Å². The zero-order chi connectivity index (χ0) is 9.97. The summed E-state index contributed by atoms with van der Waals surface area (Å²) in [5, 5.41) is 0. The van der Waals surface area contributed by atoms with Crippen LogP contribution < -0.4 is 2.78 Å². The van der Waals surface area contributed by atoms with Crippen LogP contribution >= 0.6 is 45.5 Å². The molecule has 0 N–H and O–H groups in total. The van der Waals surface area contributed by atoms with Crippen molar-refractivity contribution in [1.82, 2.24) is 15.0 Å². The molecular weight excluding hydrogens is 406 g/mol. The van der Waals surface area contributed by atoms with Crippen LogP contribution in [0.25, 0.3) is 11.4 Å². The van der Waals surface area contributed by atoms with E-state index in [-0.39, 0.29) is 0 Å². The monoisotopic (exact) mass is 411 g/mol. The highest BCUT2D eigenvalue weighted by atomic mass is 127. The van der Waals surface area contributed by atoms with Crippen molar-refractivity contribution in [2.45, 2.75) is 0 Å². The molecule has 0 aliphatic carbocycles. The van der Waals surface area contributed by atoms with E-state index in [4.69, 9.17) is 0 Å². The fourth-order valence-corrected chi connectivity index (χ4v) is 2.13. The molecule has 0 saturated heterocycles. The van der Waals surface area contributed by atoms with Crippen LogP contribution in [0.3, 0.4) is 0 Å². The fraction of sp³-hybridized carbons (Fsp3) is 0. The lowest BCUT2D eigenvalue weighted by Crippen LogP contribution is -2.23. The molecule has 2 aromatic heterocycles. The Morgan fingerprint density at radius 1 is 1.29 bits per heavy atom. The van der Waals surface area contributed by atoms with Gasteiger partial charge in [0.05, 0.1) is 3.57 Å². The summed E-state index contributed by atoms with van der Waals surface area (Å²) < 4.78 is 2.93. The van der Waals surface area contributed by atoms with Gasteiger partial charge < -0.3 is 0 Å². The zero-order valence-electron chi connectivity index (χ0n) is 6.93. The first-order chi connectivity index (χ1) is 6.79. The highest BCUT2D eigenvalue weighted by molar-refractivity contribution is 14.1. The van der Waals surface area contributed by atoms with Crippen molar-refractivity contribution in [2.24, 2.45) is 0 Å². The van der Waals surface area contributed by atoms with Gasteiger partial charge in [-0.05, 0) is 22.6 Å². The van der Waals surface area contributed by atoms with Crippen LogP contribution in [0.2, 0.25) is 0 Å². The maximum Gasteiger partial charge on any atom is 0.295 e. The summed E-state index contributed by atoms with van der Waals surface area (Å²) in [6.45, 7) is 0. The third-order valence-electron chi connectivity index (χ3n) is 1.63. The molecule has 6 heteroatoms. The molecule has 0 aromatic carbocycles.